The SMILES string of the molecule is CCCCC(C(=O)O)=C1CC1. The molecule has 0 bridgehead atoms. The molecule has 1 aliphatic carbocycles. The Hall–Kier alpha value is -0.790. The number of hydrogen-bond acceptors (Lipinski definition) is 1. The van der Waals surface area contributed by atoms with E-state index in [0.717, 1.165) is 32.1 Å². The highest BCUT2D eigenvalue weighted by molar-refractivity contribution is 5.88. The minimum absolute atomic E-state index is 0.687. The first-order valence-electron chi connectivity index (χ1n) is 4.20. The molecule has 1 N–H and O–H groups in total. The van der Waals surface area contributed by atoms with Crippen molar-refractivity contribution in [2.45, 2.75) is 39.0 Å². The second-order valence-corrected chi connectivity index (χ2v) is 2.99. The topological polar surface area (TPSA) is 37.3 Å². The predicted octanol–water partition coefficient (Wildman–Crippen LogP) is 2.35. The van der Waals surface area contributed by atoms with Crippen LogP contribution in [0.15, 0.2) is 11.1 Å². The molecular formula is C9H14O2. The summed E-state index contributed by atoms with van der Waals surface area (Å²) in [5, 5.41) is 8.75. The molecule has 0 aromatic carbocycles. The fourth-order valence-corrected chi connectivity index (χ4v) is 1.15. The zero-order valence-electron chi connectivity index (χ0n) is 6.89. The van der Waals surface area contributed by atoms with Gasteiger partial charge in [0.1, 0.15) is 0 Å². The maximum atomic E-state index is 10.6. The Labute approximate surface area is 66.9 Å². The molecule has 0 aliphatic heterocycles. The van der Waals surface area contributed by atoms with Gasteiger partial charge >= 0.3 is 5.97 Å². The fourth-order valence-electron chi connectivity index (χ4n) is 1.15. The summed E-state index contributed by atoms with van der Waals surface area (Å²) in [7, 11) is 0. The zero-order valence-corrected chi connectivity index (χ0v) is 6.89. The van der Waals surface area contributed by atoms with Gasteiger partial charge in [0.15, 0.2) is 0 Å². The maximum absolute atomic E-state index is 10.6. The molecule has 1 fully saturated rings. The van der Waals surface area contributed by atoms with Gasteiger partial charge in [-0.2, -0.15) is 0 Å². The molecule has 0 saturated heterocycles. The van der Waals surface area contributed by atoms with Gasteiger partial charge in [0, 0.05) is 5.57 Å². The number of carboxylic acid groups (broad SMARTS) is 1. The van der Waals surface area contributed by atoms with Crippen molar-refractivity contribution in [2.24, 2.45) is 0 Å². The Kier molecular flexibility index (Phi) is 2.69. The molecule has 0 radical (unpaired) electrons. The normalized spacial score (nSPS) is 14.8. The maximum Gasteiger partial charge on any atom is 0.331 e. The monoisotopic (exact) mass is 154 g/mol. The van der Waals surface area contributed by atoms with Crippen molar-refractivity contribution in [3.05, 3.63) is 11.1 Å². The van der Waals surface area contributed by atoms with E-state index in [1.54, 1.807) is 0 Å². The first-order valence-corrected chi connectivity index (χ1v) is 4.20. The van der Waals surface area contributed by atoms with Crippen LogP contribution in [0.25, 0.3) is 0 Å². The molecule has 0 spiro atoms. The van der Waals surface area contributed by atoms with Gasteiger partial charge in [-0.15, -0.1) is 0 Å². The van der Waals surface area contributed by atoms with Crippen molar-refractivity contribution in [2.75, 3.05) is 0 Å². The highest BCUT2D eigenvalue weighted by Crippen LogP contribution is 2.33. The van der Waals surface area contributed by atoms with Crippen LogP contribution in [0.3, 0.4) is 0 Å². The van der Waals surface area contributed by atoms with Gasteiger partial charge < -0.3 is 5.11 Å². The second-order valence-electron chi connectivity index (χ2n) is 2.99. The Morgan fingerprint density at radius 1 is 1.55 bits per heavy atom. The lowest BCUT2D eigenvalue weighted by Crippen LogP contribution is -2.00. The van der Waals surface area contributed by atoms with E-state index < -0.39 is 5.97 Å². The third kappa shape index (κ3) is 2.37. The lowest BCUT2D eigenvalue weighted by Gasteiger charge is -1.98. The number of carbonyl (C=O) groups is 1. The highest BCUT2D eigenvalue weighted by Gasteiger charge is 2.21. The number of unbranched alkanes of at least 4 members (excludes halogenated alkanes) is 1. The molecule has 0 unspecified atom stereocenters. The highest BCUT2D eigenvalue weighted by atomic mass is 16.4. The van der Waals surface area contributed by atoms with Gasteiger partial charge in [0.25, 0.3) is 0 Å². The molecule has 2 heteroatoms. The van der Waals surface area contributed by atoms with E-state index in [4.69, 9.17) is 5.11 Å². The summed E-state index contributed by atoms with van der Waals surface area (Å²) in [6, 6.07) is 0. The van der Waals surface area contributed by atoms with E-state index in [1.807, 2.05) is 0 Å². The van der Waals surface area contributed by atoms with Crippen molar-refractivity contribution < 1.29 is 9.90 Å². The Morgan fingerprint density at radius 3 is 2.55 bits per heavy atom. The Morgan fingerprint density at radius 2 is 2.18 bits per heavy atom. The largest absolute Gasteiger partial charge is 0.478 e. The van der Waals surface area contributed by atoms with Crippen molar-refractivity contribution in [3.63, 3.8) is 0 Å². The Bertz CT molecular complexity index is 186. The molecule has 11 heavy (non-hydrogen) atoms. The van der Waals surface area contributed by atoms with E-state index in [2.05, 4.69) is 6.92 Å². The van der Waals surface area contributed by atoms with E-state index in [0.29, 0.717) is 5.57 Å². The van der Waals surface area contributed by atoms with Crippen molar-refractivity contribution in [1.82, 2.24) is 0 Å². The summed E-state index contributed by atoms with van der Waals surface area (Å²) < 4.78 is 0. The molecule has 1 aliphatic rings. The van der Waals surface area contributed by atoms with E-state index in [1.165, 1.54) is 5.57 Å². The molecule has 0 atom stereocenters. The number of rotatable bonds is 4. The van der Waals surface area contributed by atoms with Gasteiger partial charge in [-0.05, 0) is 25.7 Å². The lowest BCUT2D eigenvalue weighted by molar-refractivity contribution is -0.132. The van der Waals surface area contributed by atoms with Crippen molar-refractivity contribution >= 4 is 5.97 Å². The lowest BCUT2D eigenvalue weighted by atomic mass is 10.1. The number of aliphatic carboxylic acids is 1. The molecule has 62 valence electrons. The zero-order chi connectivity index (χ0) is 8.27. The third-order valence-corrected chi connectivity index (χ3v) is 1.97. The summed E-state index contributed by atoms with van der Waals surface area (Å²) in [5.74, 6) is -0.703. The molecule has 1 saturated carbocycles. The number of hydrogen-bond donors (Lipinski definition) is 1. The molecular weight excluding hydrogens is 140 g/mol. The summed E-state index contributed by atoms with van der Waals surface area (Å²) >= 11 is 0. The van der Waals surface area contributed by atoms with Crippen LogP contribution in [0.1, 0.15) is 39.0 Å². The summed E-state index contributed by atoms with van der Waals surface area (Å²) in [6.45, 7) is 2.08. The van der Waals surface area contributed by atoms with Crippen molar-refractivity contribution in [1.29, 1.82) is 0 Å². The predicted molar refractivity (Wildman–Crippen MR) is 43.4 cm³/mol. The summed E-state index contributed by atoms with van der Waals surface area (Å²) in [5.41, 5.74) is 1.86. The van der Waals surface area contributed by atoms with Gasteiger partial charge in [-0.25, -0.2) is 4.79 Å². The molecule has 0 aromatic rings. The molecule has 0 heterocycles. The van der Waals surface area contributed by atoms with E-state index in [-0.39, 0.29) is 0 Å². The minimum atomic E-state index is -0.703. The smallest absolute Gasteiger partial charge is 0.331 e. The van der Waals surface area contributed by atoms with Gasteiger partial charge in [0.05, 0.1) is 0 Å². The summed E-state index contributed by atoms with van der Waals surface area (Å²) in [4.78, 5) is 10.6. The van der Waals surface area contributed by atoms with Crippen LogP contribution < -0.4 is 0 Å². The molecule has 0 amide bonds. The van der Waals surface area contributed by atoms with Gasteiger partial charge in [0.2, 0.25) is 0 Å². The second kappa shape index (κ2) is 3.56. The Balaban J connectivity index is 2.48. The van der Waals surface area contributed by atoms with Crippen LogP contribution in [-0.4, -0.2) is 11.1 Å². The molecule has 1 rings (SSSR count). The van der Waals surface area contributed by atoms with Crippen LogP contribution >= 0.6 is 0 Å². The first kappa shape index (κ1) is 8.31. The van der Waals surface area contributed by atoms with E-state index in [9.17, 15) is 4.79 Å². The van der Waals surface area contributed by atoms with E-state index >= 15 is 0 Å². The van der Waals surface area contributed by atoms with Gasteiger partial charge in [-0.3, -0.25) is 0 Å². The van der Waals surface area contributed by atoms with Crippen LogP contribution in [0.2, 0.25) is 0 Å². The number of allylic oxidation sites excluding steroid dienone is 1. The van der Waals surface area contributed by atoms with Crippen LogP contribution in [0, 0.1) is 0 Å². The average Bonchev–Trinajstić information content (AvgIpc) is 2.71. The van der Waals surface area contributed by atoms with Crippen molar-refractivity contribution in [3.8, 4) is 0 Å². The molecule has 2 nitrogen and oxygen atoms in total. The minimum Gasteiger partial charge on any atom is -0.478 e. The quantitative estimate of drug-likeness (QED) is 0.631. The first-order chi connectivity index (χ1) is 5.25. The number of carboxylic acids is 1. The third-order valence-electron chi connectivity index (χ3n) is 1.97. The standard InChI is InChI=1S/C9H14O2/c1-2-3-4-8(9(10)11)7-5-6-7/h2-6H2,1H3,(H,10,11). The van der Waals surface area contributed by atoms with Crippen LogP contribution in [0.4, 0.5) is 0 Å². The fraction of sp³-hybridized carbons (Fsp3) is 0.667. The van der Waals surface area contributed by atoms with Crippen LogP contribution in [0.5, 0.6) is 0 Å². The molecule has 0 aromatic heterocycles. The van der Waals surface area contributed by atoms with Gasteiger partial charge in [-0.1, -0.05) is 18.9 Å². The average molecular weight is 154 g/mol. The van der Waals surface area contributed by atoms with Crippen LogP contribution in [-0.2, 0) is 4.79 Å². The summed E-state index contributed by atoms with van der Waals surface area (Å²) in [6.07, 6.45) is 4.88.